The van der Waals surface area contributed by atoms with Gasteiger partial charge in [0, 0.05) is 6.20 Å². The molecule has 0 aromatic carbocycles. The van der Waals surface area contributed by atoms with Gasteiger partial charge in [0.1, 0.15) is 5.54 Å². The average molecular weight is 168 g/mol. The molecule has 1 unspecified atom stereocenters. The Kier molecular flexibility index (Phi) is 2.26. The first-order valence-electron chi connectivity index (χ1n) is 3.88. The molecule has 0 spiro atoms. The van der Waals surface area contributed by atoms with Crippen molar-refractivity contribution in [2.24, 2.45) is 16.1 Å². The Balaban J connectivity index is 2.81. The summed E-state index contributed by atoms with van der Waals surface area (Å²) in [7, 11) is 0. The smallest absolute Gasteiger partial charge is 0.306 e. The van der Waals surface area contributed by atoms with Crippen LogP contribution in [0.1, 0.15) is 20.3 Å². The lowest BCUT2D eigenvalue weighted by atomic mass is 9.85. The molecule has 0 amide bonds. The molecule has 0 aromatic rings. The SMILES string of the molecule is CC(C)C1(CC(=O)O)C=CN=N1. The number of hydrogen-bond acceptors (Lipinski definition) is 3. The van der Waals surface area contributed by atoms with Gasteiger partial charge in [-0.2, -0.15) is 10.2 Å². The fourth-order valence-electron chi connectivity index (χ4n) is 1.19. The van der Waals surface area contributed by atoms with Crippen molar-refractivity contribution in [3.8, 4) is 0 Å². The number of azo groups is 1. The highest BCUT2D eigenvalue weighted by atomic mass is 16.4. The van der Waals surface area contributed by atoms with Gasteiger partial charge in [0.25, 0.3) is 0 Å². The highest BCUT2D eigenvalue weighted by Crippen LogP contribution is 2.31. The van der Waals surface area contributed by atoms with Gasteiger partial charge in [-0.25, -0.2) is 0 Å². The Morgan fingerprint density at radius 1 is 1.67 bits per heavy atom. The second kappa shape index (κ2) is 3.05. The van der Waals surface area contributed by atoms with Crippen LogP contribution in [0.4, 0.5) is 0 Å². The van der Waals surface area contributed by atoms with Crippen LogP contribution >= 0.6 is 0 Å². The molecule has 4 heteroatoms. The van der Waals surface area contributed by atoms with Gasteiger partial charge in [0.2, 0.25) is 0 Å². The van der Waals surface area contributed by atoms with Gasteiger partial charge in [0.15, 0.2) is 0 Å². The van der Waals surface area contributed by atoms with Gasteiger partial charge < -0.3 is 5.11 Å². The molecule has 1 rings (SSSR count). The van der Waals surface area contributed by atoms with Crippen LogP contribution in [0.5, 0.6) is 0 Å². The number of hydrogen-bond donors (Lipinski definition) is 1. The zero-order valence-corrected chi connectivity index (χ0v) is 7.19. The fourth-order valence-corrected chi connectivity index (χ4v) is 1.19. The van der Waals surface area contributed by atoms with Crippen molar-refractivity contribution in [2.45, 2.75) is 25.8 Å². The first-order chi connectivity index (χ1) is 5.57. The van der Waals surface area contributed by atoms with Gasteiger partial charge in [-0.3, -0.25) is 4.79 Å². The first kappa shape index (κ1) is 8.90. The van der Waals surface area contributed by atoms with Gasteiger partial charge in [-0.1, -0.05) is 13.8 Å². The second-order valence-corrected chi connectivity index (χ2v) is 3.25. The Bertz CT molecular complexity index is 231. The van der Waals surface area contributed by atoms with Crippen molar-refractivity contribution < 1.29 is 9.90 Å². The van der Waals surface area contributed by atoms with E-state index in [1.807, 2.05) is 13.8 Å². The molecule has 1 heterocycles. The average Bonchev–Trinajstić information content (AvgIpc) is 2.35. The summed E-state index contributed by atoms with van der Waals surface area (Å²) in [6.45, 7) is 3.88. The zero-order valence-electron chi connectivity index (χ0n) is 7.19. The van der Waals surface area contributed by atoms with Crippen LogP contribution in [0.15, 0.2) is 22.5 Å². The van der Waals surface area contributed by atoms with E-state index in [9.17, 15) is 4.79 Å². The van der Waals surface area contributed by atoms with Crippen molar-refractivity contribution in [1.82, 2.24) is 0 Å². The third kappa shape index (κ3) is 1.52. The molecule has 0 fully saturated rings. The molecule has 0 saturated carbocycles. The Labute approximate surface area is 71.0 Å². The normalized spacial score (nSPS) is 26.9. The van der Waals surface area contributed by atoms with Gasteiger partial charge in [0.05, 0.1) is 6.42 Å². The second-order valence-electron chi connectivity index (χ2n) is 3.25. The minimum atomic E-state index is -0.839. The van der Waals surface area contributed by atoms with Crippen LogP contribution in [0.25, 0.3) is 0 Å². The van der Waals surface area contributed by atoms with E-state index in [1.165, 1.54) is 0 Å². The molecule has 0 aromatic heterocycles. The van der Waals surface area contributed by atoms with Crippen LogP contribution in [0.3, 0.4) is 0 Å². The fraction of sp³-hybridized carbons (Fsp3) is 0.625. The standard InChI is InChI=1S/C8H12N2O2/c1-6(2)8(5-7(11)12)3-4-9-10-8/h3-4,6H,5H2,1-2H3,(H,11,12). The quantitative estimate of drug-likeness (QED) is 0.698. The van der Waals surface area contributed by atoms with E-state index < -0.39 is 11.5 Å². The molecule has 4 nitrogen and oxygen atoms in total. The summed E-state index contributed by atoms with van der Waals surface area (Å²) >= 11 is 0. The molecule has 1 aliphatic rings. The molecule has 12 heavy (non-hydrogen) atoms. The van der Waals surface area contributed by atoms with Crippen molar-refractivity contribution in [3.63, 3.8) is 0 Å². The largest absolute Gasteiger partial charge is 0.481 e. The van der Waals surface area contributed by atoms with E-state index in [0.717, 1.165) is 0 Å². The van der Waals surface area contributed by atoms with Crippen molar-refractivity contribution in [2.75, 3.05) is 0 Å². The summed E-state index contributed by atoms with van der Waals surface area (Å²) in [4.78, 5) is 10.5. The van der Waals surface area contributed by atoms with E-state index in [-0.39, 0.29) is 12.3 Å². The molecule has 66 valence electrons. The van der Waals surface area contributed by atoms with E-state index in [2.05, 4.69) is 10.2 Å². The van der Waals surface area contributed by atoms with Gasteiger partial charge in [-0.05, 0) is 12.0 Å². The number of carboxylic acids is 1. The molecule has 0 aliphatic carbocycles. The lowest BCUT2D eigenvalue weighted by Gasteiger charge is -2.24. The molecule has 1 aliphatic heterocycles. The minimum Gasteiger partial charge on any atom is -0.481 e. The topological polar surface area (TPSA) is 62.0 Å². The van der Waals surface area contributed by atoms with Crippen molar-refractivity contribution in [3.05, 3.63) is 12.3 Å². The molecular formula is C8H12N2O2. The van der Waals surface area contributed by atoms with E-state index in [0.29, 0.717) is 0 Å². The Hall–Kier alpha value is -1.19. The first-order valence-corrected chi connectivity index (χ1v) is 3.88. The summed E-state index contributed by atoms with van der Waals surface area (Å²) in [5.74, 6) is -0.676. The van der Waals surface area contributed by atoms with Crippen LogP contribution in [-0.2, 0) is 4.79 Å². The Morgan fingerprint density at radius 2 is 2.33 bits per heavy atom. The van der Waals surface area contributed by atoms with E-state index in [1.54, 1.807) is 12.3 Å². The lowest BCUT2D eigenvalue weighted by molar-refractivity contribution is -0.138. The van der Waals surface area contributed by atoms with Gasteiger partial charge in [-0.15, -0.1) is 0 Å². The molecule has 0 saturated heterocycles. The van der Waals surface area contributed by atoms with Crippen LogP contribution < -0.4 is 0 Å². The molecule has 1 atom stereocenters. The number of nitrogens with zero attached hydrogens (tertiary/aromatic N) is 2. The number of aliphatic carboxylic acids is 1. The van der Waals surface area contributed by atoms with Crippen molar-refractivity contribution in [1.29, 1.82) is 0 Å². The summed E-state index contributed by atoms with van der Waals surface area (Å²) < 4.78 is 0. The minimum absolute atomic E-state index is 0.0185. The highest BCUT2D eigenvalue weighted by Gasteiger charge is 2.35. The molecule has 0 radical (unpaired) electrons. The predicted octanol–water partition coefficient (Wildman–Crippen LogP) is 1.84. The summed E-state index contributed by atoms with van der Waals surface area (Å²) in [5.41, 5.74) is -0.605. The molecule has 0 bridgehead atoms. The maximum absolute atomic E-state index is 10.5. The third-order valence-electron chi connectivity index (χ3n) is 2.11. The predicted molar refractivity (Wildman–Crippen MR) is 43.8 cm³/mol. The van der Waals surface area contributed by atoms with E-state index >= 15 is 0 Å². The Morgan fingerprint density at radius 3 is 2.67 bits per heavy atom. The maximum Gasteiger partial charge on any atom is 0.306 e. The van der Waals surface area contributed by atoms with E-state index in [4.69, 9.17) is 5.11 Å². The van der Waals surface area contributed by atoms with Gasteiger partial charge >= 0.3 is 5.97 Å². The zero-order chi connectivity index (χ0) is 9.19. The number of carbonyl (C=O) groups is 1. The molecule has 1 N–H and O–H groups in total. The number of carboxylic acid groups (broad SMARTS) is 1. The third-order valence-corrected chi connectivity index (χ3v) is 2.11. The summed E-state index contributed by atoms with van der Waals surface area (Å²) in [6, 6.07) is 0. The van der Waals surface area contributed by atoms with Crippen LogP contribution in [0, 0.1) is 5.92 Å². The highest BCUT2D eigenvalue weighted by molar-refractivity contribution is 5.69. The number of rotatable bonds is 3. The summed E-state index contributed by atoms with van der Waals surface area (Å²) in [6.07, 6.45) is 3.33. The monoisotopic (exact) mass is 168 g/mol. The maximum atomic E-state index is 10.5. The van der Waals surface area contributed by atoms with Crippen LogP contribution in [-0.4, -0.2) is 16.6 Å². The van der Waals surface area contributed by atoms with Crippen LogP contribution in [0.2, 0.25) is 0 Å². The molecular weight excluding hydrogens is 156 g/mol. The lowest BCUT2D eigenvalue weighted by Crippen LogP contribution is -2.31. The summed E-state index contributed by atoms with van der Waals surface area (Å²) in [5, 5.41) is 16.3. The van der Waals surface area contributed by atoms with Crippen molar-refractivity contribution >= 4 is 5.97 Å².